The van der Waals surface area contributed by atoms with E-state index in [4.69, 9.17) is 11.6 Å². The van der Waals surface area contributed by atoms with Gasteiger partial charge in [-0.1, -0.05) is 59.8 Å². The summed E-state index contributed by atoms with van der Waals surface area (Å²) in [5.74, 6) is 0.688. The van der Waals surface area contributed by atoms with Crippen molar-refractivity contribution in [2.75, 3.05) is 11.1 Å². The number of carbonyl (C=O) groups is 1. The van der Waals surface area contributed by atoms with Crippen LogP contribution in [0.2, 0.25) is 5.02 Å². The van der Waals surface area contributed by atoms with Crippen LogP contribution in [0.25, 0.3) is 17.1 Å². The summed E-state index contributed by atoms with van der Waals surface area (Å²) >= 11 is 9.01. The first kappa shape index (κ1) is 23.2. The topological polar surface area (TPSA) is 85.6 Å². The molecule has 5 rings (SSSR count). The average Bonchev–Trinajstić information content (AvgIpc) is 3.52. The van der Waals surface area contributed by atoms with Gasteiger partial charge in [-0.25, -0.2) is 4.98 Å². The third kappa shape index (κ3) is 5.59. The van der Waals surface area contributed by atoms with Crippen LogP contribution in [0.15, 0.2) is 90.5 Å². The molecule has 0 saturated heterocycles. The normalized spacial score (nSPS) is 10.9. The lowest BCUT2D eigenvalue weighted by molar-refractivity contribution is -0.113. The van der Waals surface area contributed by atoms with Gasteiger partial charge >= 0.3 is 0 Å². The lowest BCUT2D eigenvalue weighted by atomic mass is 10.1. The molecule has 5 aromatic rings. The standard InChI is InChI=1S/C25H19ClN6OS2/c26-21-9-5-4-6-18(21)14-20-15-28-24(35-20)29-22(33)16-34-25-31-30-23(17-10-12-27-13-11-17)32(25)19-7-2-1-3-8-19/h1-13,15H,14,16H2,(H,28,29,33). The number of amides is 1. The summed E-state index contributed by atoms with van der Waals surface area (Å²) in [5, 5.41) is 13.5. The number of thiazole rings is 1. The molecule has 10 heteroatoms. The monoisotopic (exact) mass is 518 g/mol. The molecule has 2 aromatic carbocycles. The predicted molar refractivity (Wildman–Crippen MR) is 140 cm³/mol. The van der Waals surface area contributed by atoms with Crippen LogP contribution in [0, 0.1) is 0 Å². The molecule has 0 aliphatic carbocycles. The number of hydrogen-bond acceptors (Lipinski definition) is 7. The minimum Gasteiger partial charge on any atom is -0.301 e. The number of hydrogen-bond donors (Lipinski definition) is 1. The number of carbonyl (C=O) groups excluding carboxylic acids is 1. The van der Waals surface area contributed by atoms with Gasteiger partial charge < -0.3 is 5.32 Å². The molecule has 0 aliphatic heterocycles. The number of nitrogens with zero attached hydrogens (tertiary/aromatic N) is 5. The maximum absolute atomic E-state index is 12.7. The molecule has 0 aliphatic rings. The summed E-state index contributed by atoms with van der Waals surface area (Å²) < 4.78 is 1.94. The highest BCUT2D eigenvalue weighted by molar-refractivity contribution is 7.99. The van der Waals surface area contributed by atoms with E-state index >= 15 is 0 Å². The second-order valence-electron chi connectivity index (χ2n) is 7.45. The maximum Gasteiger partial charge on any atom is 0.236 e. The quantitative estimate of drug-likeness (QED) is 0.263. The fraction of sp³-hybridized carbons (Fsp3) is 0.0800. The summed E-state index contributed by atoms with van der Waals surface area (Å²) in [6, 6.07) is 21.3. The number of nitrogens with one attached hydrogen (secondary N) is 1. The summed E-state index contributed by atoms with van der Waals surface area (Å²) in [6.07, 6.45) is 5.87. The molecule has 3 aromatic heterocycles. The summed E-state index contributed by atoms with van der Waals surface area (Å²) in [4.78, 5) is 22.1. The number of rotatable bonds is 8. The van der Waals surface area contributed by atoms with Crippen molar-refractivity contribution >= 4 is 45.7 Å². The van der Waals surface area contributed by atoms with Gasteiger partial charge in [-0.15, -0.1) is 21.5 Å². The largest absolute Gasteiger partial charge is 0.301 e. The van der Waals surface area contributed by atoms with Crippen molar-refractivity contribution in [2.45, 2.75) is 11.6 Å². The van der Waals surface area contributed by atoms with E-state index in [1.165, 1.54) is 23.1 Å². The van der Waals surface area contributed by atoms with Crippen LogP contribution in [-0.2, 0) is 11.2 Å². The number of pyridine rings is 1. The minimum atomic E-state index is -0.165. The second kappa shape index (κ2) is 10.8. The number of para-hydroxylation sites is 1. The van der Waals surface area contributed by atoms with Crippen molar-refractivity contribution in [3.63, 3.8) is 0 Å². The molecule has 0 fully saturated rings. The van der Waals surface area contributed by atoms with E-state index < -0.39 is 0 Å². The van der Waals surface area contributed by atoms with Gasteiger partial charge in [-0.05, 0) is 35.9 Å². The molecule has 0 saturated carbocycles. The number of halogens is 1. The average molecular weight is 519 g/mol. The number of anilines is 1. The van der Waals surface area contributed by atoms with Gasteiger partial charge in [0.2, 0.25) is 5.91 Å². The van der Waals surface area contributed by atoms with E-state index in [1.807, 2.05) is 71.3 Å². The van der Waals surface area contributed by atoms with Crippen molar-refractivity contribution in [3.8, 4) is 17.1 Å². The zero-order valence-corrected chi connectivity index (χ0v) is 20.7. The number of benzene rings is 2. The van der Waals surface area contributed by atoms with Gasteiger partial charge in [0.1, 0.15) is 0 Å². The Morgan fingerprint density at radius 3 is 2.57 bits per heavy atom. The molecule has 1 N–H and O–H groups in total. The Kier molecular flexibility index (Phi) is 7.17. The summed E-state index contributed by atoms with van der Waals surface area (Å²) in [5.41, 5.74) is 2.83. The first-order chi connectivity index (χ1) is 17.2. The lowest BCUT2D eigenvalue weighted by Crippen LogP contribution is -2.14. The second-order valence-corrected chi connectivity index (χ2v) is 9.91. The van der Waals surface area contributed by atoms with Gasteiger partial charge in [0.05, 0.1) is 5.75 Å². The molecule has 0 unspecified atom stereocenters. The van der Waals surface area contributed by atoms with E-state index in [9.17, 15) is 4.79 Å². The highest BCUT2D eigenvalue weighted by Crippen LogP contribution is 2.28. The highest BCUT2D eigenvalue weighted by atomic mass is 35.5. The molecule has 35 heavy (non-hydrogen) atoms. The lowest BCUT2D eigenvalue weighted by Gasteiger charge is -2.10. The first-order valence-corrected chi connectivity index (χ1v) is 12.9. The van der Waals surface area contributed by atoms with E-state index in [2.05, 4.69) is 25.5 Å². The fourth-order valence-electron chi connectivity index (χ4n) is 3.42. The van der Waals surface area contributed by atoms with Crippen molar-refractivity contribution in [2.24, 2.45) is 0 Å². The van der Waals surface area contributed by atoms with Crippen LogP contribution in [-0.4, -0.2) is 36.4 Å². The first-order valence-electron chi connectivity index (χ1n) is 10.7. The maximum atomic E-state index is 12.7. The smallest absolute Gasteiger partial charge is 0.236 e. The van der Waals surface area contributed by atoms with Gasteiger partial charge in [0.25, 0.3) is 0 Å². The van der Waals surface area contributed by atoms with Crippen molar-refractivity contribution in [3.05, 3.63) is 101 Å². The van der Waals surface area contributed by atoms with E-state index in [0.29, 0.717) is 22.5 Å². The molecule has 0 spiro atoms. The molecule has 174 valence electrons. The Morgan fingerprint density at radius 2 is 1.77 bits per heavy atom. The molecule has 0 bridgehead atoms. The van der Waals surface area contributed by atoms with Crippen LogP contribution in [0.3, 0.4) is 0 Å². The van der Waals surface area contributed by atoms with Crippen molar-refractivity contribution in [1.82, 2.24) is 24.7 Å². The highest BCUT2D eigenvalue weighted by Gasteiger charge is 2.17. The van der Waals surface area contributed by atoms with Gasteiger partial charge in [-0.2, -0.15) is 0 Å². The van der Waals surface area contributed by atoms with Crippen LogP contribution in [0.5, 0.6) is 0 Å². The van der Waals surface area contributed by atoms with Gasteiger partial charge in [0.15, 0.2) is 16.1 Å². The summed E-state index contributed by atoms with van der Waals surface area (Å²) in [6.45, 7) is 0. The Hall–Kier alpha value is -3.53. The SMILES string of the molecule is O=C(CSc1nnc(-c2ccncc2)n1-c1ccccc1)Nc1ncc(Cc2ccccc2Cl)s1. The van der Waals surface area contributed by atoms with Crippen LogP contribution < -0.4 is 5.32 Å². The number of thioether (sulfide) groups is 1. The number of aromatic nitrogens is 5. The molecular formula is C25H19ClN6OS2. The van der Waals surface area contributed by atoms with Gasteiger partial charge in [-0.3, -0.25) is 14.3 Å². The van der Waals surface area contributed by atoms with Gasteiger partial charge in [0, 0.05) is 46.2 Å². The van der Waals surface area contributed by atoms with Crippen LogP contribution >= 0.6 is 34.7 Å². The summed E-state index contributed by atoms with van der Waals surface area (Å²) in [7, 11) is 0. The van der Waals surface area contributed by atoms with Crippen LogP contribution in [0.4, 0.5) is 5.13 Å². The molecule has 1 amide bonds. The Labute approximate surface area is 215 Å². The third-order valence-electron chi connectivity index (χ3n) is 5.04. The van der Waals surface area contributed by atoms with E-state index in [-0.39, 0.29) is 11.7 Å². The zero-order chi connectivity index (χ0) is 24.0. The van der Waals surface area contributed by atoms with Crippen LogP contribution in [0.1, 0.15) is 10.4 Å². The van der Waals surface area contributed by atoms with E-state index in [0.717, 1.165) is 26.7 Å². The molecule has 7 nitrogen and oxygen atoms in total. The van der Waals surface area contributed by atoms with E-state index in [1.54, 1.807) is 18.6 Å². The Morgan fingerprint density at radius 1 is 1.00 bits per heavy atom. The fourth-order valence-corrected chi connectivity index (χ4v) is 5.23. The third-order valence-corrected chi connectivity index (χ3v) is 7.25. The predicted octanol–water partition coefficient (Wildman–Crippen LogP) is 5.76. The van der Waals surface area contributed by atoms with Crippen molar-refractivity contribution in [1.29, 1.82) is 0 Å². The molecule has 0 radical (unpaired) electrons. The Bertz CT molecular complexity index is 1440. The minimum absolute atomic E-state index is 0.165. The zero-order valence-electron chi connectivity index (χ0n) is 18.3. The Balaban J connectivity index is 1.28. The molecular weight excluding hydrogens is 500 g/mol. The molecule has 0 atom stereocenters. The van der Waals surface area contributed by atoms with Crippen molar-refractivity contribution < 1.29 is 4.79 Å². The molecule has 3 heterocycles.